The van der Waals surface area contributed by atoms with Gasteiger partial charge in [-0.3, -0.25) is 9.78 Å². The Morgan fingerprint density at radius 2 is 1.95 bits per heavy atom. The number of likely N-dealkylation sites (tertiary alicyclic amines) is 1. The van der Waals surface area contributed by atoms with Crippen molar-refractivity contribution in [1.29, 1.82) is 0 Å². The molecule has 5 heteroatoms. The molecule has 1 aliphatic rings. The number of hydrogen-bond acceptors (Lipinski definition) is 3. The first-order valence-corrected chi connectivity index (χ1v) is 7.28. The van der Waals surface area contributed by atoms with Gasteiger partial charge < -0.3 is 9.30 Å². The predicted molar refractivity (Wildman–Crippen MR) is 78.6 cm³/mol. The van der Waals surface area contributed by atoms with Crippen LogP contribution < -0.4 is 0 Å². The van der Waals surface area contributed by atoms with Gasteiger partial charge in [-0.1, -0.05) is 13.8 Å². The Bertz CT molecular complexity index is 570. The van der Waals surface area contributed by atoms with Crippen LogP contribution in [0.15, 0.2) is 24.8 Å². The third kappa shape index (κ3) is 2.81. The van der Waals surface area contributed by atoms with Gasteiger partial charge in [0.05, 0.1) is 17.9 Å². The zero-order valence-corrected chi connectivity index (χ0v) is 12.4. The predicted octanol–water partition coefficient (Wildman–Crippen LogP) is 2.48. The van der Waals surface area contributed by atoms with E-state index in [2.05, 4.69) is 14.4 Å². The van der Waals surface area contributed by atoms with Crippen LogP contribution in [-0.4, -0.2) is 38.3 Å². The highest BCUT2D eigenvalue weighted by molar-refractivity contribution is 5.73. The van der Waals surface area contributed by atoms with Gasteiger partial charge in [-0.15, -0.1) is 0 Å². The van der Waals surface area contributed by atoms with E-state index in [4.69, 9.17) is 0 Å². The zero-order chi connectivity index (χ0) is 14.5. The maximum Gasteiger partial charge on any atom is 0.219 e. The number of rotatable bonds is 1. The number of piperidine rings is 1. The lowest BCUT2D eigenvalue weighted by Gasteiger charge is -2.30. The van der Waals surface area contributed by atoms with Crippen LogP contribution in [0.1, 0.15) is 45.4 Å². The molecule has 20 heavy (non-hydrogen) atoms. The molecule has 0 bridgehead atoms. The van der Waals surface area contributed by atoms with Gasteiger partial charge in [-0.25, -0.2) is 4.98 Å². The number of amides is 1. The minimum atomic E-state index is 0.172. The molecule has 2 aromatic heterocycles. The topological polar surface area (TPSA) is 50.5 Å². The van der Waals surface area contributed by atoms with Crippen LogP contribution in [0.3, 0.4) is 0 Å². The highest BCUT2D eigenvalue weighted by Crippen LogP contribution is 2.27. The lowest BCUT2D eigenvalue weighted by atomic mass is 9.96. The molecule has 1 saturated heterocycles. The van der Waals surface area contributed by atoms with Crippen molar-refractivity contribution in [2.24, 2.45) is 0 Å². The van der Waals surface area contributed by atoms with E-state index in [0.29, 0.717) is 5.92 Å². The van der Waals surface area contributed by atoms with Crippen LogP contribution >= 0.6 is 0 Å². The van der Waals surface area contributed by atoms with Gasteiger partial charge in [0, 0.05) is 38.3 Å². The lowest BCUT2D eigenvalue weighted by molar-refractivity contribution is -0.129. The first kappa shape index (κ1) is 14.5. The van der Waals surface area contributed by atoms with E-state index in [-0.39, 0.29) is 5.91 Å². The SMILES string of the molecule is CC.CC(=O)N1CCC(c2ncc3cnccn23)CC1. The van der Waals surface area contributed by atoms with Crippen molar-refractivity contribution >= 4 is 11.4 Å². The number of imidazole rings is 1. The third-order valence-corrected chi connectivity index (χ3v) is 3.67. The quantitative estimate of drug-likeness (QED) is 0.802. The van der Waals surface area contributed by atoms with Crippen molar-refractivity contribution in [3.8, 4) is 0 Å². The van der Waals surface area contributed by atoms with Crippen molar-refractivity contribution in [2.75, 3.05) is 13.1 Å². The lowest BCUT2D eigenvalue weighted by Crippen LogP contribution is -2.36. The summed E-state index contributed by atoms with van der Waals surface area (Å²) in [6.07, 6.45) is 9.39. The number of nitrogens with zero attached hydrogens (tertiary/aromatic N) is 4. The molecule has 0 atom stereocenters. The molecule has 0 N–H and O–H groups in total. The summed E-state index contributed by atoms with van der Waals surface area (Å²) in [5.41, 5.74) is 1.03. The molecule has 2 aromatic rings. The Balaban J connectivity index is 0.000000704. The molecular formula is C15H22N4O. The van der Waals surface area contributed by atoms with Crippen molar-refractivity contribution in [2.45, 2.75) is 39.5 Å². The summed E-state index contributed by atoms with van der Waals surface area (Å²) < 4.78 is 2.10. The molecule has 0 aliphatic carbocycles. The highest BCUT2D eigenvalue weighted by atomic mass is 16.2. The number of hydrogen-bond donors (Lipinski definition) is 0. The summed E-state index contributed by atoms with van der Waals surface area (Å²) in [5.74, 6) is 1.70. The van der Waals surface area contributed by atoms with E-state index in [0.717, 1.165) is 37.3 Å². The van der Waals surface area contributed by atoms with Crippen LogP contribution in [0.2, 0.25) is 0 Å². The second kappa shape index (κ2) is 6.50. The fourth-order valence-corrected chi connectivity index (χ4v) is 2.63. The molecule has 0 unspecified atom stereocenters. The molecule has 108 valence electrons. The van der Waals surface area contributed by atoms with Crippen LogP contribution in [0, 0.1) is 0 Å². The van der Waals surface area contributed by atoms with Crippen molar-refractivity contribution in [1.82, 2.24) is 19.3 Å². The van der Waals surface area contributed by atoms with E-state index in [9.17, 15) is 4.79 Å². The van der Waals surface area contributed by atoms with E-state index in [1.165, 1.54) is 0 Å². The molecule has 1 amide bonds. The fraction of sp³-hybridized carbons (Fsp3) is 0.533. The summed E-state index contributed by atoms with van der Waals surface area (Å²) in [6, 6.07) is 0. The Labute approximate surface area is 119 Å². The second-order valence-electron chi connectivity index (χ2n) is 4.77. The zero-order valence-electron chi connectivity index (χ0n) is 12.4. The van der Waals surface area contributed by atoms with Gasteiger partial charge in [0.1, 0.15) is 5.82 Å². The van der Waals surface area contributed by atoms with E-state index in [1.54, 1.807) is 13.1 Å². The smallest absolute Gasteiger partial charge is 0.219 e. The van der Waals surface area contributed by atoms with Gasteiger partial charge in [0.15, 0.2) is 0 Å². The van der Waals surface area contributed by atoms with Gasteiger partial charge in [-0.05, 0) is 12.8 Å². The average molecular weight is 274 g/mol. The first-order chi connectivity index (χ1) is 9.75. The molecule has 0 spiro atoms. The maximum absolute atomic E-state index is 11.3. The Morgan fingerprint density at radius 1 is 1.25 bits per heavy atom. The largest absolute Gasteiger partial charge is 0.343 e. The average Bonchev–Trinajstić information content (AvgIpc) is 2.93. The summed E-state index contributed by atoms with van der Waals surface area (Å²) in [7, 11) is 0. The standard InChI is InChI=1S/C13H16N4O.C2H6/c1-10(18)16-5-2-11(3-6-16)13-15-9-12-8-14-4-7-17(12)13;1-2/h4,7-9,11H,2-3,5-6H2,1H3;1-2H3. The minimum absolute atomic E-state index is 0.172. The number of fused-ring (bicyclic) bond motifs is 1. The molecule has 0 saturated carbocycles. The Kier molecular flexibility index (Phi) is 4.71. The monoisotopic (exact) mass is 274 g/mol. The van der Waals surface area contributed by atoms with E-state index in [1.807, 2.05) is 37.3 Å². The fourth-order valence-electron chi connectivity index (χ4n) is 2.63. The van der Waals surface area contributed by atoms with Crippen LogP contribution in [0.25, 0.3) is 5.52 Å². The van der Waals surface area contributed by atoms with E-state index >= 15 is 0 Å². The first-order valence-electron chi connectivity index (χ1n) is 7.28. The van der Waals surface area contributed by atoms with Crippen molar-refractivity contribution < 1.29 is 4.79 Å². The molecular weight excluding hydrogens is 252 g/mol. The van der Waals surface area contributed by atoms with Crippen LogP contribution in [-0.2, 0) is 4.79 Å². The van der Waals surface area contributed by atoms with Gasteiger partial charge in [0.2, 0.25) is 5.91 Å². The summed E-state index contributed by atoms with van der Waals surface area (Å²) >= 11 is 0. The summed E-state index contributed by atoms with van der Waals surface area (Å²) in [4.78, 5) is 21.8. The molecule has 1 aliphatic heterocycles. The second-order valence-corrected chi connectivity index (χ2v) is 4.77. The minimum Gasteiger partial charge on any atom is -0.343 e. The summed E-state index contributed by atoms with van der Waals surface area (Å²) in [6.45, 7) is 7.30. The Morgan fingerprint density at radius 3 is 2.60 bits per heavy atom. The molecule has 1 fully saturated rings. The normalized spacial score (nSPS) is 15.8. The van der Waals surface area contributed by atoms with Crippen LogP contribution in [0.5, 0.6) is 0 Å². The molecule has 0 aromatic carbocycles. The maximum atomic E-state index is 11.3. The van der Waals surface area contributed by atoms with Gasteiger partial charge in [0.25, 0.3) is 0 Å². The third-order valence-electron chi connectivity index (χ3n) is 3.67. The number of carbonyl (C=O) groups excluding carboxylic acids is 1. The van der Waals surface area contributed by atoms with Gasteiger partial charge in [-0.2, -0.15) is 0 Å². The molecule has 5 nitrogen and oxygen atoms in total. The molecule has 0 radical (unpaired) electrons. The number of aromatic nitrogens is 3. The van der Waals surface area contributed by atoms with Crippen molar-refractivity contribution in [3.63, 3.8) is 0 Å². The highest BCUT2D eigenvalue weighted by Gasteiger charge is 2.24. The molecule has 3 rings (SSSR count). The van der Waals surface area contributed by atoms with Gasteiger partial charge >= 0.3 is 0 Å². The van der Waals surface area contributed by atoms with Crippen LogP contribution in [0.4, 0.5) is 0 Å². The summed E-state index contributed by atoms with van der Waals surface area (Å²) in [5, 5.41) is 0. The number of carbonyl (C=O) groups is 1. The Hall–Kier alpha value is -1.91. The molecule has 3 heterocycles. The van der Waals surface area contributed by atoms with Crippen molar-refractivity contribution in [3.05, 3.63) is 30.6 Å². The van der Waals surface area contributed by atoms with E-state index < -0.39 is 0 Å².